The molecular formula is C94H166. The average molecular weight is 1300 g/mol. The number of hydrogen-bond acceptors (Lipinski definition) is 0. The zero-order valence-corrected chi connectivity index (χ0v) is 67.3. The van der Waals surface area contributed by atoms with Gasteiger partial charge in [0.05, 0.1) is 0 Å². The Labute approximate surface area is 596 Å². The van der Waals surface area contributed by atoms with Gasteiger partial charge >= 0.3 is 0 Å². The minimum absolute atomic E-state index is 0. The van der Waals surface area contributed by atoms with Crippen molar-refractivity contribution < 1.29 is 0 Å². The molecular weight excluding hydrogens is 1130 g/mol. The van der Waals surface area contributed by atoms with Crippen molar-refractivity contribution in [3.05, 3.63) is 282 Å². The highest BCUT2D eigenvalue weighted by atomic mass is 14.1. The van der Waals surface area contributed by atoms with Gasteiger partial charge in [-0.15, -0.1) is 0 Å². The highest BCUT2D eigenvalue weighted by molar-refractivity contribution is 5.82. The first-order valence-corrected chi connectivity index (χ1v) is 37.7. The molecule has 0 radical (unpaired) electrons. The molecule has 0 N–H and O–H groups in total. The number of allylic oxidation sites excluding steroid dienone is 9. The minimum Gasteiger partial charge on any atom is -0.0808 e. The standard InChI is InChI=1S/C13H12.C10H8.C9H8.C8H10.C7H8.C5H10.2C5H6.15C2H6.2CH4/c1-3-7-12(8-4-1)11-13-9-5-2-6-10-13;1-2-6-10-8-4-3-7-9(10)5-1;1-2-5-9-7-3-6-8(9)4-1;1-2-8-6-4-3-5-7-8;1-7-5-3-2-4-6-7;3*1-2-4-5-3-1;15*1-2;;/h1-10H,11H2;1-8H;1-6H,7H2;3-7H,2H2,1H3;2-6H,1H3;1-5H2;2*1-4H,5H2;15*1-2H3;2*1H4. The van der Waals surface area contributed by atoms with Crippen molar-refractivity contribution in [1.29, 1.82) is 0 Å². The SMILES string of the molecule is C.C.C1=CCC=C1.C1=CCC=C1.C1=Cc2ccccc2C1.C1CCCC1.CC.CC.CC.CC.CC.CC.CC.CC.CC.CC.CC.CC.CC.CC.CC.CCc1ccccc1.Cc1ccccc1.c1ccc(Cc2ccccc2)cc1.c1ccc2ccccc2c1. The number of hydrogen-bond donors (Lipinski definition) is 0. The second-order valence-electron chi connectivity index (χ2n) is 15.2. The Balaban J connectivity index is -0.0000000618. The third kappa shape index (κ3) is 91.9. The molecule has 542 valence electrons. The monoisotopic (exact) mass is 1300 g/mol. The molecule has 0 atom stereocenters. The molecule has 11 rings (SSSR count). The van der Waals surface area contributed by atoms with E-state index in [1.165, 1.54) is 76.3 Å². The van der Waals surface area contributed by atoms with Crippen LogP contribution in [0.3, 0.4) is 0 Å². The fourth-order valence-electron chi connectivity index (χ4n) is 6.67. The van der Waals surface area contributed by atoms with E-state index in [0.29, 0.717) is 0 Å². The van der Waals surface area contributed by atoms with E-state index in [1.54, 1.807) is 0 Å². The fourth-order valence-corrected chi connectivity index (χ4v) is 6.67. The van der Waals surface area contributed by atoms with E-state index in [9.17, 15) is 0 Å². The number of aryl methyl sites for hydroxylation is 2. The summed E-state index contributed by atoms with van der Waals surface area (Å²) in [7, 11) is 0. The van der Waals surface area contributed by atoms with Crippen LogP contribution in [0.2, 0.25) is 0 Å². The Hall–Kier alpha value is -6.50. The summed E-state index contributed by atoms with van der Waals surface area (Å²) in [5, 5.41) is 2.62. The van der Waals surface area contributed by atoms with E-state index in [4.69, 9.17) is 0 Å². The third-order valence-electron chi connectivity index (χ3n) is 10.2. The smallest absolute Gasteiger partial charge is 0.00258 e. The van der Waals surface area contributed by atoms with Crippen molar-refractivity contribution in [2.24, 2.45) is 0 Å². The number of benzene rings is 7. The summed E-state index contributed by atoms with van der Waals surface area (Å²) in [5.74, 6) is 0. The molecule has 1 saturated carbocycles. The fraction of sp³-hybridized carbons (Fsp3) is 0.468. The average Bonchev–Trinajstić information content (AvgIpc) is 1.52. The lowest BCUT2D eigenvalue weighted by atomic mass is 10.1. The van der Waals surface area contributed by atoms with Gasteiger partial charge in [0.2, 0.25) is 0 Å². The second kappa shape index (κ2) is 131. The molecule has 7 aromatic carbocycles. The molecule has 7 aromatic rings. The van der Waals surface area contributed by atoms with Crippen LogP contribution in [0.4, 0.5) is 0 Å². The molecule has 0 aliphatic heterocycles. The normalized spacial score (nSPS) is 9.28. The van der Waals surface area contributed by atoms with Crippen LogP contribution in [0.5, 0.6) is 0 Å². The third-order valence-corrected chi connectivity index (χ3v) is 10.2. The van der Waals surface area contributed by atoms with Crippen LogP contribution in [-0.4, -0.2) is 0 Å². The molecule has 0 aromatic heterocycles. The van der Waals surface area contributed by atoms with Crippen LogP contribution in [0.1, 0.15) is 308 Å². The van der Waals surface area contributed by atoms with Gasteiger partial charge in [0.25, 0.3) is 0 Å². The van der Waals surface area contributed by atoms with Gasteiger partial charge in [-0.25, -0.2) is 0 Å². The zero-order valence-electron chi connectivity index (χ0n) is 67.3. The predicted molar refractivity (Wildman–Crippen MR) is 458 cm³/mol. The Morgan fingerprint density at radius 1 is 0.255 bits per heavy atom. The van der Waals surface area contributed by atoms with Crippen LogP contribution >= 0.6 is 0 Å². The van der Waals surface area contributed by atoms with Crippen molar-refractivity contribution in [3.8, 4) is 0 Å². The lowest BCUT2D eigenvalue weighted by Crippen LogP contribution is -1.85. The molecule has 0 unspecified atom stereocenters. The van der Waals surface area contributed by atoms with Crippen LogP contribution in [0, 0.1) is 6.92 Å². The lowest BCUT2D eigenvalue weighted by molar-refractivity contribution is 0.886. The van der Waals surface area contributed by atoms with Crippen molar-refractivity contribution in [2.45, 2.75) is 301 Å². The molecule has 4 aliphatic rings. The van der Waals surface area contributed by atoms with Crippen LogP contribution in [0.25, 0.3) is 16.8 Å². The molecule has 0 bridgehead atoms. The number of fused-ring (bicyclic) bond motifs is 2. The van der Waals surface area contributed by atoms with Crippen molar-refractivity contribution >= 4 is 16.8 Å². The van der Waals surface area contributed by atoms with Gasteiger partial charge in [-0.2, -0.15) is 0 Å². The summed E-state index contributed by atoms with van der Waals surface area (Å²) in [6, 6.07) is 67.0. The maximum Gasteiger partial charge on any atom is -0.00258 e. The molecule has 1 fully saturated rings. The summed E-state index contributed by atoms with van der Waals surface area (Å²) in [4.78, 5) is 0. The van der Waals surface area contributed by atoms with Gasteiger partial charge in [0.1, 0.15) is 0 Å². The first-order valence-electron chi connectivity index (χ1n) is 37.7. The molecule has 0 spiro atoms. The maximum atomic E-state index is 2.20. The summed E-state index contributed by atoms with van der Waals surface area (Å²) >= 11 is 0. The second-order valence-corrected chi connectivity index (χ2v) is 15.2. The Morgan fingerprint density at radius 2 is 0.489 bits per heavy atom. The van der Waals surface area contributed by atoms with E-state index in [-0.39, 0.29) is 14.9 Å². The molecule has 0 amide bonds. The summed E-state index contributed by atoms with van der Waals surface area (Å²) in [5.41, 5.74) is 8.31. The molecule has 0 heterocycles. The number of rotatable bonds is 3. The first-order chi connectivity index (χ1) is 45.7. The van der Waals surface area contributed by atoms with E-state index in [0.717, 1.165) is 32.1 Å². The first kappa shape index (κ1) is 121. The van der Waals surface area contributed by atoms with E-state index in [2.05, 4.69) is 244 Å². The van der Waals surface area contributed by atoms with Gasteiger partial charge in [-0.1, -0.05) is 522 Å². The maximum absolute atomic E-state index is 2.20. The van der Waals surface area contributed by atoms with Gasteiger partial charge in [-0.05, 0) is 77.6 Å². The van der Waals surface area contributed by atoms with Gasteiger partial charge < -0.3 is 0 Å². The highest BCUT2D eigenvalue weighted by Gasteiger charge is 2.00. The van der Waals surface area contributed by atoms with Crippen molar-refractivity contribution in [2.75, 3.05) is 0 Å². The molecule has 0 heteroatoms. The lowest BCUT2D eigenvalue weighted by Gasteiger charge is -2.00. The van der Waals surface area contributed by atoms with E-state index >= 15 is 0 Å². The topological polar surface area (TPSA) is 0 Å². The zero-order chi connectivity index (χ0) is 73.4. The van der Waals surface area contributed by atoms with E-state index in [1.807, 2.05) is 232 Å². The van der Waals surface area contributed by atoms with Gasteiger partial charge in [0, 0.05) is 0 Å². The van der Waals surface area contributed by atoms with Crippen LogP contribution in [0.15, 0.2) is 249 Å². The largest absolute Gasteiger partial charge is 0.0808 e. The molecule has 0 saturated heterocycles. The summed E-state index contributed by atoms with van der Waals surface area (Å²) in [6.07, 6.45) is 34.2. The predicted octanol–water partition coefficient (Wildman–Crippen LogP) is 34.2. The van der Waals surface area contributed by atoms with Gasteiger partial charge in [-0.3, -0.25) is 0 Å². The van der Waals surface area contributed by atoms with Gasteiger partial charge in [0.15, 0.2) is 0 Å². The molecule has 94 heavy (non-hydrogen) atoms. The Kier molecular flexibility index (Phi) is 169. The summed E-state index contributed by atoms with van der Waals surface area (Å²) in [6.45, 7) is 64.2. The van der Waals surface area contributed by atoms with Crippen molar-refractivity contribution in [3.63, 3.8) is 0 Å². The Bertz CT molecular complexity index is 2130. The highest BCUT2D eigenvalue weighted by Crippen LogP contribution is 2.18. The molecule has 0 nitrogen and oxygen atoms in total. The van der Waals surface area contributed by atoms with Crippen LogP contribution < -0.4 is 0 Å². The van der Waals surface area contributed by atoms with Crippen LogP contribution in [-0.2, 0) is 19.3 Å². The summed E-state index contributed by atoms with van der Waals surface area (Å²) < 4.78 is 0. The quantitative estimate of drug-likeness (QED) is 0.165. The van der Waals surface area contributed by atoms with Crippen molar-refractivity contribution in [1.82, 2.24) is 0 Å². The molecule has 4 aliphatic carbocycles. The Morgan fingerprint density at radius 3 is 0.702 bits per heavy atom. The van der Waals surface area contributed by atoms with E-state index < -0.39 is 0 Å². The minimum atomic E-state index is 0.